The van der Waals surface area contributed by atoms with E-state index in [1.54, 1.807) is 4.68 Å². The van der Waals surface area contributed by atoms with Gasteiger partial charge in [-0.25, -0.2) is 17.9 Å². The smallest absolute Gasteiger partial charge is 0.317 e. The SMILES string of the molecule is Cc1ccc(-n2nc(C(C)(C)C)cc2NC(=O)Nc2ccc(C(C(=O)c3sc(S(C)(=O)=O)c4c3CCC=C4)C3CCNCC3)cc2)cc1. The third-order valence-corrected chi connectivity index (χ3v) is 12.2. The Balaban J connectivity index is 1.25. The first kappa shape index (κ1) is 33.8. The number of nitrogens with zero attached hydrogens (tertiary/aromatic N) is 2. The average Bonchev–Trinajstić information content (AvgIpc) is 3.65. The van der Waals surface area contributed by atoms with Crippen molar-refractivity contribution in [2.75, 3.05) is 30.0 Å². The lowest BCUT2D eigenvalue weighted by molar-refractivity contribution is 0.0919. The lowest BCUT2D eigenvalue weighted by Crippen LogP contribution is -2.33. The third-order valence-electron chi connectivity index (χ3n) is 9.08. The average molecular weight is 686 g/mol. The molecular formula is C37H43N5O4S2. The summed E-state index contributed by atoms with van der Waals surface area (Å²) in [6.45, 7) is 9.91. The number of benzene rings is 2. The van der Waals surface area contributed by atoms with Gasteiger partial charge in [-0.1, -0.05) is 62.8 Å². The van der Waals surface area contributed by atoms with Gasteiger partial charge in [0.2, 0.25) is 0 Å². The molecule has 0 saturated carbocycles. The maximum absolute atomic E-state index is 14.4. The van der Waals surface area contributed by atoms with Crippen molar-refractivity contribution in [3.8, 4) is 5.69 Å². The summed E-state index contributed by atoms with van der Waals surface area (Å²) in [6, 6.07) is 16.9. The number of fused-ring (bicyclic) bond motifs is 1. The number of allylic oxidation sites excluding steroid dienone is 1. The number of piperidine rings is 1. The number of aromatic nitrogens is 2. The number of thiophene rings is 1. The minimum atomic E-state index is -3.49. The van der Waals surface area contributed by atoms with Crippen molar-refractivity contribution in [3.63, 3.8) is 0 Å². The third kappa shape index (κ3) is 7.18. The van der Waals surface area contributed by atoms with E-state index in [-0.39, 0.29) is 21.3 Å². The molecule has 0 spiro atoms. The van der Waals surface area contributed by atoms with Crippen LogP contribution >= 0.6 is 11.3 Å². The molecule has 1 fully saturated rings. The van der Waals surface area contributed by atoms with Gasteiger partial charge in [-0.2, -0.15) is 5.10 Å². The number of sulfone groups is 1. The Kier molecular flexibility index (Phi) is 9.48. The highest BCUT2D eigenvalue weighted by Crippen LogP contribution is 2.42. The number of hydrogen-bond acceptors (Lipinski definition) is 7. The number of ketones is 1. The van der Waals surface area contributed by atoms with Crippen molar-refractivity contribution in [1.29, 1.82) is 0 Å². The second-order valence-corrected chi connectivity index (χ2v) is 17.1. The largest absolute Gasteiger partial charge is 0.324 e. The highest BCUT2D eigenvalue weighted by Gasteiger charge is 2.36. The second kappa shape index (κ2) is 13.4. The van der Waals surface area contributed by atoms with Gasteiger partial charge in [0.15, 0.2) is 15.6 Å². The van der Waals surface area contributed by atoms with Gasteiger partial charge in [0, 0.05) is 29.0 Å². The Hall–Kier alpha value is -4.06. The minimum absolute atomic E-state index is 0.0224. The van der Waals surface area contributed by atoms with E-state index in [4.69, 9.17) is 5.10 Å². The van der Waals surface area contributed by atoms with Crippen molar-refractivity contribution in [2.45, 2.75) is 68.9 Å². The fourth-order valence-corrected chi connectivity index (χ4v) is 9.00. The Morgan fingerprint density at radius 1 is 1.02 bits per heavy atom. The van der Waals surface area contributed by atoms with Gasteiger partial charge in [-0.15, -0.1) is 11.3 Å². The molecule has 3 N–H and O–H groups in total. The van der Waals surface area contributed by atoms with Crippen LogP contribution < -0.4 is 16.0 Å². The molecule has 48 heavy (non-hydrogen) atoms. The summed E-state index contributed by atoms with van der Waals surface area (Å²) >= 11 is 1.12. The van der Waals surface area contributed by atoms with E-state index >= 15 is 0 Å². The molecule has 1 aliphatic heterocycles. The maximum atomic E-state index is 14.4. The number of anilines is 2. The van der Waals surface area contributed by atoms with Gasteiger partial charge in [0.05, 0.1) is 22.2 Å². The second-order valence-electron chi connectivity index (χ2n) is 13.9. The molecule has 3 heterocycles. The van der Waals surface area contributed by atoms with Gasteiger partial charge in [-0.05, 0) is 87.0 Å². The van der Waals surface area contributed by atoms with E-state index in [1.165, 1.54) is 6.26 Å². The van der Waals surface area contributed by atoms with E-state index in [0.717, 1.165) is 71.8 Å². The standard InChI is InChI=1S/C37H43N5O4S2/c1-23-10-16-27(17-11-23)42-31(22-30(41-42)37(2,3)4)40-36(44)39-26-14-12-24(13-15-26)32(25-18-20-38-21-19-25)33(43)34-28-8-6-7-9-29(28)35(47-34)48(5,45)46/h7,9-17,22,25,32,38H,6,8,18-21H2,1-5H3,(H2,39,40,44). The Bertz CT molecular complexity index is 1960. The van der Waals surface area contributed by atoms with Crippen LogP contribution in [0.4, 0.5) is 16.3 Å². The first-order valence-electron chi connectivity index (χ1n) is 16.4. The van der Waals surface area contributed by atoms with Crippen LogP contribution in [-0.2, 0) is 21.7 Å². The van der Waals surface area contributed by atoms with Crippen LogP contribution in [0.5, 0.6) is 0 Å². The highest BCUT2D eigenvalue weighted by atomic mass is 32.2. The molecule has 252 valence electrons. The van der Waals surface area contributed by atoms with Crippen molar-refractivity contribution in [3.05, 3.63) is 93.5 Å². The fraction of sp³-hybridized carbons (Fsp3) is 0.378. The van der Waals surface area contributed by atoms with Crippen LogP contribution in [0.1, 0.15) is 83.6 Å². The lowest BCUT2D eigenvalue weighted by atomic mass is 9.77. The van der Waals surface area contributed by atoms with Crippen LogP contribution in [0.2, 0.25) is 0 Å². The number of carbonyl (C=O) groups excluding carboxylic acids is 2. The first-order valence-corrected chi connectivity index (χ1v) is 19.1. The zero-order chi connectivity index (χ0) is 34.2. The monoisotopic (exact) mass is 685 g/mol. The number of urea groups is 1. The number of Topliss-reactive ketones (excluding diaryl/α,β-unsaturated/α-hetero) is 1. The molecule has 9 nitrogen and oxygen atoms in total. The van der Waals surface area contributed by atoms with E-state index in [9.17, 15) is 18.0 Å². The highest BCUT2D eigenvalue weighted by molar-refractivity contribution is 7.92. The van der Waals surface area contributed by atoms with E-state index < -0.39 is 21.8 Å². The summed E-state index contributed by atoms with van der Waals surface area (Å²) in [4.78, 5) is 28.3. The predicted molar refractivity (Wildman–Crippen MR) is 194 cm³/mol. The molecule has 2 amide bonds. The molecule has 2 aliphatic rings. The topological polar surface area (TPSA) is 122 Å². The molecular weight excluding hydrogens is 643 g/mol. The van der Waals surface area contributed by atoms with Crippen molar-refractivity contribution in [1.82, 2.24) is 15.1 Å². The minimum Gasteiger partial charge on any atom is -0.317 e. The maximum Gasteiger partial charge on any atom is 0.324 e. The quantitative estimate of drug-likeness (QED) is 0.165. The van der Waals surface area contributed by atoms with Crippen molar-refractivity contribution < 1.29 is 18.0 Å². The summed E-state index contributed by atoms with van der Waals surface area (Å²) < 4.78 is 27.4. The molecule has 11 heteroatoms. The molecule has 0 bridgehead atoms. The van der Waals surface area contributed by atoms with Crippen LogP contribution in [0, 0.1) is 12.8 Å². The normalized spacial score (nSPS) is 15.9. The van der Waals surface area contributed by atoms with Crippen LogP contribution in [-0.4, -0.2) is 49.4 Å². The molecule has 4 aromatic rings. The first-order chi connectivity index (χ1) is 22.8. The summed E-state index contributed by atoms with van der Waals surface area (Å²) in [5.74, 6) is 0.220. The van der Waals surface area contributed by atoms with Crippen LogP contribution in [0.15, 0.2) is 64.9 Å². The van der Waals surface area contributed by atoms with E-state index in [2.05, 4.69) is 36.7 Å². The Morgan fingerprint density at radius 2 is 1.71 bits per heavy atom. The number of rotatable bonds is 8. The summed E-state index contributed by atoms with van der Waals surface area (Å²) in [5.41, 5.74) is 5.58. The zero-order valence-corrected chi connectivity index (χ0v) is 29.7. The number of hydrogen-bond donors (Lipinski definition) is 3. The molecule has 1 aliphatic carbocycles. The molecule has 2 aromatic heterocycles. The van der Waals surface area contributed by atoms with Gasteiger partial charge in [-0.3, -0.25) is 10.1 Å². The molecule has 1 saturated heterocycles. The molecule has 0 radical (unpaired) electrons. The summed E-state index contributed by atoms with van der Waals surface area (Å²) in [7, 11) is -3.49. The predicted octanol–water partition coefficient (Wildman–Crippen LogP) is 7.51. The lowest BCUT2D eigenvalue weighted by Gasteiger charge is -2.30. The molecule has 6 rings (SSSR count). The van der Waals surface area contributed by atoms with Gasteiger partial charge in [0.1, 0.15) is 10.0 Å². The fourth-order valence-electron chi connectivity index (χ4n) is 6.50. The molecule has 1 atom stereocenters. The number of amides is 2. The number of nitrogens with one attached hydrogen (secondary N) is 3. The Morgan fingerprint density at radius 3 is 2.35 bits per heavy atom. The molecule has 1 unspecified atom stereocenters. The summed E-state index contributed by atoms with van der Waals surface area (Å²) in [5, 5.41) is 14.1. The summed E-state index contributed by atoms with van der Waals surface area (Å²) in [6.07, 6.45) is 8.15. The van der Waals surface area contributed by atoms with Crippen LogP contribution in [0.3, 0.4) is 0 Å². The van der Waals surface area contributed by atoms with E-state index in [1.807, 2.05) is 73.7 Å². The van der Waals surface area contributed by atoms with Gasteiger partial charge < -0.3 is 10.6 Å². The zero-order valence-electron chi connectivity index (χ0n) is 28.1. The molecule has 2 aromatic carbocycles. The number of carbonyl (C=O) groups is 2. The van der Waals surface area contributed by atoms with E-state index in [0.29, 0.717) is 28.4 Å². The van der Waals surface area contributed by atoms with Crippen molar-refractivity contribution >= 4 is 50.6 Å². The van der Waals surface area contributed by atoms with Gasteiger partial charge in [0.25, 0.3) is 0 Å². The van der Waals surface area contributed by atoms with Gasteiger partial charge >= 0.3 is 6.03 Å². The van der Waals surface area contributed by atoms with Crippen molar-refractivity contribution in [2.24, 2.45) is 5.92 Å². The Labute approximate surface area is 286 Å². The number of aryl methyl sites for hydroxylation is 1. The van der Waals surface area contributed by atoms with Crippen LogP contribution in [0.25, 0.3) is 11.8 Å².